The van der Waals surface area contributed by atoms with Crippen LogP contribution < -0.4 is 0 Å². The zero-order valence-electron chi connectivity index (χ0n) is 11.4. The van der Waals surface area contributed by atoms with Crippen LogP contribution in [0.4, 0.5) is 0 Å². The van der Waals surface area contributed by atoms with Gasteiger partial charge in [0.1, 0.15) is 0 Å². The standard InChI is InChI=1S/C14H16N2O4/c1-9(14(19)20)7-15(2)8-16-12(17)10-5-3-4-6-11(10)13(16)18/h3-6,9H,7-8H2,1-2H3,(H,19,20). The van der Waals surface area contributed by atoms with Crippen molar-refractivity contribution in [3.8, 4) is 0 Å². The maximum atomic E-state index is 12.1. The van der Waals surface area contributed by atoms with Crippen LogP contribution in [-0.4, -0.2) is 53.0 Å². The molecular formula is C14H16N2O4. The first-order valence-electron chi connectivity index (χ1n) is 6.28. The second kappa shape index (κ2) is 5.42. The summed E-state index contributed by atoms with van der Waals surface area (Å²) in [7, 11) is 1.68. The first kappa shape index (κ1) is 14.2. The lowest BCUT2D eigenvalue weighted by Crippen LogP contribution is -2.41. The van der Waals surface area contributed by atoms with Crippen molar-refractivity contribution in [2.75, 3.05) is 20.3 Å². The maximum absolute atomic E-state index is 12.1. The van der Waals surface area contributed by atoms with Gasteiger partial charge in [-0.15, -0.1) is 0 Å². The van der Waals surface area contributed by atoms with Crippen LogP contribution in [-0.2, 0) is 4.79 Å². The van der Waals surface area contributed by atoms with Gasteiger partial charge in [-0.1, -0.05) is 19.1 Å². The molecule has 1 unspecified atom stereocenters. The lowest BCUT2D eigenvalue weighted by atomic mass is 10.1. The Morgan fingerprint density at radius 1 is 1.25 bits per heavy atom. The summed E-state index contributed by atoms with van der Waals surface area (Å²) in [5, 5.41) is 8.86. The number of carboxylic acid groups (broad SMARTS) is 1. The van der Waals surface area contributed by atoms with Gasteiger partial charge in [0.25, 0.3) is 11.8 Å². The molecule has 1 aliphatic heterocycles. The Bertz CT molecular complexity index is 535. The molecule has 0 spiro atoms. The van der Waals surface area contributed by atoms with Crippen LogP contribution in [0.15, 0.2) is 24.3 Å². The Morgan fingerprint density at radius 2 is 1.75 bits per heavy atom. The van der Waals surface area contributed by atoms with E-state index in [0.717, 1.165) is 4.90 Å². The highest BCUT2D eigenvalue weighted by Crippen LogP contribution is 2.22. The maximum Gasteiger partial charge on any atom is 0.307 e. The second-order valence-electron chi connectivity index (χ2n) is 5.00. The molecule has 0 fully saturated rings. The van der Waals surface area contributed by atoms with Crippen molar-refractivity contribution in [3.05, 3.63) is 35.4 Å². The molecule has 1 aromatic rings. The summed E-state index contributed by atoms with van der Waals surface area (Å²) >= 11 is 0. The molecule has 0 aliphatic carbocycles. The third-order valence-electron chi connectivity index (χ3n) is 3.27. The highest BCUT2D eigenvalue weighted by Gasteiger charge is 2.35. The van der Waals surface area contributed by atoms with Gasteiger partial charge in [-0.2, -0.15) is 0 Å². The minimum atomic E-state index is -0.904. The number of hydrogen-bond acceptors (Lipinski definition) is 4. The summed E-state index contributed by atoms with van der Waals surface area (Å²) < 4.78 is 0. The number of aliphatic carboxylic acids is 1. The van der Waals surface area contributed by atoms with Crippen molar-refractivity contribution in [2.24, 2.45) is 5.92 Å². The average molecular weight is 276 g/mol. The fourth-order valence-corrected chi connectivity index (χ4v) is 2.21. The Labute approximate surface area is 116 Å². The summed E-state index contributed by atoms with van der Waals surface area (Å²) in [5.74, 6) is -2.13. The van der Waals surface area contributed by atoms with Gasteiger partial charge in [-0.3, -0.25) is 24.2 Å². The minimum Gasteiger partial charge on any atom is -0.481 e. The molecule has 1 aliphatic rings. The quantitative estimate of drug-likeness (QED) is 0.808. The smallest absolute Gasteiger partial charge is 0.307 e. The predicted molar refractivity (Wildman–Crippen MR) is 71.2 cm³/mol. The van der Waals surface area contributed by atoms with E-state index in [1.807, 2.05) is 0 Å². The molecule has 1 N–H and O–H groups in total. The van der Waals surface area contributed by atoms with Crippen molar-refractivity contribution in [1.82, 2.24) is 9.80 Å². The number of nitrogens with zero attached hydrogens (tertiary/aromatic N) is 2. The second-order valence-corrected chi connectivity index (χ2v) is 5.00. The molecule has 2 amide bonds. The van der Waals surface area contributed by atoms with E-state index in [1.54, 1.807) is 43.1 Å². The van der Waals surface area contributed by atoms with Gasteiger partial charge in [-0.05, 0) is 19.2 Å². The van der Waals surface area contributed by atoms with Crippen LogP contribution in [0.3, 0.4) is 0 Å². The van der Waals surface area contributed by atoms with Crippen LogP contribution in [0.1, 0.15) is 27.6 Å². The van der Waals surface area contributed by atoms with E-state index in [4.69, 9.17) is 5.11 Å². The van der Waals surface area contributed by atoms with Crippen LogP contribution in [0, 0.1) is 5.92 Å². The lowest BCUT2D eigenvalue weighted by molar-refractivity contribution is -0.141. The molecule has 1 aromatic carbocycles. The van der Waals surface area contributed by atoms with Gasteiger partial charge >= 0.3 is 5.97 Å². The summed E-state index contributed by atoms with van der Waals surface area (Å²) in [4.78, 5) is 37.8. The molecule has 0 saturated carbocycles. The predicted octanol–water partition coefficient (Wildman–Crippen LogP) is 0.893. The molecule has 0 radical (unpaired) electrons. The van der Waals surface area contributed by atoms with Crippen molar-refractivity contribution < 1.29 is 19.5 Å². The minimum absolute atomic E-state index is 0.0873. The lowest BCUT2D eigenvalue weighted by Gasteiger charge is -2.24. The Hall–Kier alpha value is -2.21. The van der Waals surface area contributed by atoms with Crippen LogP contribution in [0.2, 0.25) is 0 Å². The van der Waals surface area contributed by atoms with E-state index in [-0.39, 0.29) is 25.0 Å². The molecule has 0 aromatic heterocycles. The molecule has 6 heteroatoms. The van der Waals surface area contributed by atoms with E-state index < -0.39 is 11.9 Å². The molecule has 6 nitrogen and oxygen atoms in total. The number of carboxylic acids is 1. The SMILES string of the molecule is CC(CN(C)CN1C(=O)c2ccccc2C1=O)C(=O)O. The fourth-order valence-electron chi connectivity index (χ4n) is 2.21. The Morgan fingerprint density at radius 3 is 2.20 bits per heavy atom. The summed E-state index contributed by atoms with van der Waals surface area (Å²) in [6, 6.07) is 6.67. The average Bonchev–Trinajstić information content (AvgIpc) is 2.64. The molecule has 20 heavy (non-hydrogen) atoms. The number of amides is 2. The summed E-state index contributed by atoms with van der Waals surface area (Å²) in [6.45, 7) is 1.94. The first-order chi connectivity index (χ1) is 9.41. The van der Waals surface area contributed by atoms with Crippen LogP contribution in [0.25, 0.3) is 0 Å². The van der Waals surface area contributed by atoms with Crippen molar-refractivity contribution in [2.45, 2.75) is 6.92 Å². The number of imide groups is 1. The van der Waals surface area contributed by atoms with E-state index in [9.17, 15) is 14.4 Å². The van der Waals surface area contributed by atoms with Gasteiger partial charge in [0.2, 0.25) is 0 Å². The van der Waals surface area contributed by atoms with Crippen LogP contribution >= 0.6 is 0 Å². The summed E-state index contributed by atoms with van der Waals surface area (Å²) in [5.41, 5.74) is 0.800. The van der Waals surface area contributed by atoms with Crippen LogP contribution in [0.5, 0.6) is 0 Å². The van der Waals surface area contributed by atoms with Gasteiger partial charge in [-0.25, -0.2) is 0 Å². The van der Waals surface area contributed by atoms with Gasteiger partial charge in [0, 0.05) is 6.54 Å². The third-order valence-corrected chi connectivity index (χ3v) is 3.27. The Balaban J connectivity index is 2.07. The number of rotatable bonds is 5. The summed E-state index contributed by atoms with van der Waals surface area (Å²) in [6.07, 6.45) is 0. The van der Waals surface area contributed by atoms with Crippen molar-refractivity contribution in [1.29, 1.82) is 0 Å². The topological polar surface area (TPSA) is 77.9 Å². The number of benzene rings is 1. The third kappa shape index (κ3) is 2.55. The van der Waals surface area contributed by atoms with Gasteiger partial charge in [0.15, 0.2) is 0 Å². The zero-order valence-corrected chi connectivity index (χ0v) is 11.4. The highest BCUT2D eigenvalue weighted by atomic mass is 16.4. The van der Waals surface area contributed by atoms with Crippen molar-refractivity contribution in [3.63, 3.8) is 0 Å². The Kier molecular flexibility index (Phi) is 3.85. The fraction of sp³-hybridized carbons (Fsp3) is 0.357. The largest absolute Gasteiger partial charge is 0.481 e. The van der Waals surface area contributed by atoms with E-state index in [0.29, 0.717) is 11.1 Å². The normalized spacial score (nSPS) is 15.7. The van der Waals surface area contributed by atoms with E-state index in [2.05, 4.69) is 0 Å². The molecule has 0 bridgehead atoms. The van der Waals surface area contributed by atoms with Crippen molar-refractivity contribution >= 4 is 17.8 Å². The highest BCUT2D eigenvalue weighted by molar-refractivity contribution is 6.21. The molecule has 0 saturated heterocycles. The zero-order chi connectivity index (χ0) is 14.9. The molecule has 1 heterocycles. The first-order valence-corrected chi connectivity index (χ1v) is 6.28. The molecule has 2 rings (SSSR count). The number of hydrogen-bond donors (Lipinski definition) is 1. The molecule has 106 valence electrons. The molecule has 1 atom stereocenters. The van der Waals surface area contributed by atoms with Gasteiger partial charge in [0.05, 0.1) is 23.7 Å². The van der Waals surface area contributed by atoms with Gasteiger partial charge < -0.3 is 5.11 Å². The van der Waals surface area contributed by atoms with E-state index >= 15 is 0 Å². The number of carbonyl (C=O) groups is 3. The monoisotopic (exact) mass is 276 g/mol. The number of carbonyl (C=O) groups excluding carboxylic acids is 2. The number of fused-ring (bicyclic) bond motifs is 1. The molecular weight excluding hydrogens is 260 g/mol. The van der Waals surface area contributed by atoms with E-state index in [1.165, 1.54) is 0 Å².